The number of ether oxygens (including phenoxy) is 3. The van der Waals surface area contributed by atoms with E-state index in [1.165, 1.54) is 7.11 Å². The van der Waals surface area contributed by atoms with Crippen LogP contribution in [0.2, 0.25) is 0 Å². The highest BCUT2D eigenvalue weighted by Gasteiger charge is 2.23. The minimum Gasteiger partial charge on any atom is -0.496 e. The number of hydrogen-bond donors (Lipinski definition) is 3. The van der Waals surface area contributed by atoms with Crippen LogP contribution < -0.4 is 29.6 Å². The number of carbonyl (C=O) groups excluding carboxylic acids is 2. The number of hydrogen-bond acceptors (Lipinski definition) is 9. The minimum absolute atomic E-state index is 0.0859. The fraction of sp³-hybridized carbons (Fsp3) is 0.356. The molecule has 4 aromatic carbocycles. The summed E-state index contributed by atoms with van der Waals surface area (Å²) < 4.78 is 44.5. The zero-order valence-corrected chi connectivity index (χ0v) is 35.5. The molecule has 0 bridgehead atoms. The summed E-state index contributed by atoms with van der Waals surface area (Å²) >= 11 is 0. The van der Waals surface area contributed by atoms with E-state index in [-0.39, 0.29) is 22.6 Å². The lowest BCUT2D eigenvalue weighted by molar-refractivity contribution is 0.0976. The third-order valence-corrected chi connectivity index (χ3v) is 10.2. The number of Topliss-reactive ketones (excluding diaryl/α,β-unsaturated/α-hetero) is 1. The fourth-order valence-electron chi connectivity index (χ4n) is 6.63. The first-order chi connectivity index (χ1) is 27.5. The number of unbranched alkanes of at least 4 members (excludes halogenated alkanes) is 3. The van der Waals surface area contributed by atoms with Crippen LogP contribution in [-0.2, 0) is 21.9 Å². The molecule has 1 aromatic heterocycles. The standard InChI is InChI=1S/C45H55N5O7S/c1-45(2,3)31-27-38(43(56-7)39(28-31)49-58(8,53)54)48-44(52)47-37-20-21-41(35-16-13-12-15-34(35)37)57-33-22-23-46-32(29-33)25-30-18-19-36(42(26-30)55-6)40(51)17-11-9-10-14-24-50(4)5/h12-13,15-16,18-23,26-29,49H,9-11,14,17,24-25H2,1-8H3,(H2,47,48,52). The molecule has 0 saturated carbocycles. The molecule has 0 fully saturated rings. The molecule has 3 N–H and O–H groups in total. The Bertz CT molecular complexity index is 2360. The monoisotopic (exact) mass is 809 g/mol. The highest BCUT2D eigenvalue weighted by Crippen LogP contribution is 2.40. The molecule has 1 heterocycles. The first-order valence-electron chi connectivity index (χ1n) is 19.3. The topological polar surface area (TPSA) is 148 Å². The number of aromatic nitrogens is 1. The highest BCUT2D eigenvalue weighted by molar-refractivity contribution is 7.92. The number of urea groups is 1. The number of pyridine rings is 1. The summed E-state index contributed by atoms with van der Waals surface area (Å²) in [5.41, 5.74) is 3.80. The summed E-state index contributed by atoms with van der Waals surface area (Å²) in [4.78, 5) is 33.3. The number of anilines is 3. The lowest BCUT2D eigenvalue weighted by Crippen LogP contribution is -2.22. The van der Waals surface area contributed by atoms with E-state index in [0.717, 1.165) is 66.1 Å². The number of benzene rings is 4. The molecule has 308 valence electrons. The Balaban J connectivity index is 1.29. The van der Waals surface area contributed by atoms with Crippen molar-refractivity contribution in [2.45, 2.75) is 64.7 Å². The zero-order valence-electron chi connectivity index (χ0n) is 34.7. The summed E-state index contributed by atoms with van der Waals surface area (Å²) in [5, 5.41) is 7.30. The molecule has 0 atom stereocenters. The normalized spacial score (nSPS) is 11.7. The maximum Gasteiger partial charge on any atom is 0.323 e. The lowest BCUT2D eigenvalue weighted by atomic mass is 9.86. The predicted octanol–water partition coefficient (Wildman–Crippen LogP) is 9.64. The molecule has 58 heavy (non-hydrogen) atoms. The number of fused-ring (bicyclic) bond motifs is 1. The second kappa shape index (κ2) is 19.2. The highest BCUT2D eigenvalue weighted by atomic mass is 32.2. The number of amides is 2. The Morgan fingerprint density at radius 2 is 1.48 bits per heavy atom. The molecule has 0 saturated heterocycles. The van der Waals surface area contributed by atoms with Crippen LogP contribution >= 0.6 is 0 Å². The van der Waals surface area contributed by atoms with Gasteiger partial charge in [-0.25, -0.2) is 13.2 Å². The largest absolute Gasteiger partial charge is 0.496 e. The van der Waals surface area contributed by atoms with Crippen molar-refractivity contribution >= 4 is 49.7 Å². The molecule has 5 aromatic rings. The number of nitrogens with zero attached hydrogens (tertiary/aromatic N) is 2. The average molecular weight is 810 g/mol. The second-order valence-electron chi connectivity index (χ2n) is 15.7. The maximum atomic E-state index is 13.5. The van der Waals surface area contributed by atoms with E-state index in [9.17, 15) is 18.0 Å². The Hall–Kier alpha value is -5.66. The van der Waals surface area contributed by atoms with Crippen molar-refractivity contribution in [2.24, 2.45) is 0 Å². The van der Waals surface area contributed by atoms with Gasteiger partial charge in [0.1, 0.15) is 17.2 Å². The number of ketones is 1. The van der Waals surface area contributed by atoms with E-state index in [4.69, 9.17) is 14.2 Å². The lowest BCUT2D eigenvalue weighted by Gasteiger charge is -2.24. The van der Waals surface area contributed by atoms with Gasteiger partial charge in [0.25, 0.3) is 0 Å². The first kappa shape index (κ1) is 43.5. The van der Waals surface area contributed by atoms with Crippen LogP contribution in [0, 0.1) is 0 Å². The van der Waals surface area contributed by atoms with Crippen LogP contribution in [-0.4, -0.2) is 71.2 Å². The quantitative estimate of drug-likeness (QED) is 0.0581. The van der Waals surface area contributed by atoms with Crippen molar-refractivity contribution in [3.05, 3.63) is 107 Å². The van der Waals surface area contributed by atoms with E-state index >= 15 is 0 Å². The number of sulfonamides is 1. The molecule has 0 spiro atoms. The van der Waals surface area contributed by atoms with E-state index in [1.807, 2.05) is 69.3 Å². The van der Waals surface area contributed by atoms with Gasteiger partial charge < -0.3 is 29.7 Å². The Morgan fingerprint density at radius 3 is 2.17 bits per heavy atom. The molecule has 12 nitrogen and oxygen atoms in total. The Morgan fingerprint density at radius 1 is 0.776 bits per heavy atom. The van der Waals surface area contributed by atoms with Gasteiger partial charge in [0.15, 0.2) is 11.5 Å². The van der Waals surface area contributed by atoms with Crippen molar-refractivity contribution in [1.29, 1.82) is 0 Å². The van der Waals surface area contributed by atoms with Crippen molar-refractivity contribution in [1.82, 2.24) is 9.88 Å². The Labute approximate surface area is 342 Å². The zero-order chi connectivity index (χ0) is 42.0. The third-order valence-electron chi connectivity index (χ3n) is 9.56. The van der Waals surface area contributed by atoms with Gasteiger partial charge >= 0.3 is 6.03 Å². The smallest absolute Gasteiger partial charge is 0.323 e. The minimum atomic E-state index is -3.64. The van der Waals surface area contributed by atoms with Crippen LogP contribution in [0.15, 0.2) is 85.1 Å². The van der Waals surface area contributed by atoms with Crippen LogP contribution in [0.1, 0.15) is 80.1 Å². The van der Waals surface area contributed by atoms with Crippen LogP contribution in [0.25, 0.3) is 10.8 Å². The molecule has 0 aliphatic carbocycles. The van der Waals surface area contributed by atoms with Gasteiger partial charge in [-0.3, -0.25) is 14.5 Å². The molecule has 0 unspecified atom stereocenters. The van der Waals surface area contributed by atoms with Gasteiger partial charge in [0.2, 0.25) is 10.0 Å². The summed E-state index contributed by atoms with van der Waals surface area (Å²) in [7, 11) is 3.51. The SMILES string of the molecule is COc1cc(Cc2cc(Oc3ccc(NC(=O)Nc4cc(C(C)(C)C)cc(NS(C)(=O)=O)c4OC)c4ccccc34)ccn2)ccc1C(=O)CCCCCCN(C)C. The van der Waals surface area contributed by atoms with Crippen molar-refractivity contribution < 1.29 is 32.2 Å². The number of nitrogens with one attached hydrogen (secondary N) is 3. The summed E-state index contributed by atoms with van der Waals surface area (Å²) in [5.74, 6) is 1.99. The Kier molecular flexibility index (Phi) is 14.4. The summed E-state index contributed by atoms with van der Waals surface area (Å²) in [6, 6.07) is 23.4. The third kappa shape index (κ3) is 11.9. The van der Waals surface area contributed by atoms with Gasteiger partial charge in [0, 0.05) is 41.6 Å². The molecular weight excluding hydrogens is 755 g/mol. The number of methoxy groups -OCH3 is 2. The van der Waals surface area contributed by atoms with Gasteiger partial charge in [-0.15, -0.1) is 0 Å². The van der Waals surface area contributed by atoms with Crippen LogP contribution in [0.5, 0.6) is 23.0 Å². The second-order valence-corrected chi connectivity index (χ2v) is 17.4. The summed E-state index contributed by atoms with van der Waals surface area (Å²) in [6.45, 7) is 7.02. The van der Waals surface area contributed by atoms with Gasteiger partial charge in [-0.1, -0.05) is 63.9 Å². The van der Waals surface area contributed by atoms with Crippen LogP contribution in [0.3, 0.4) is 0 Å². The van der Waals surface area contributed by atoms with Crippen molar-refractivity contribution in [3.8, 4) is 23.0 Å². The average Bonchev–Trinajstić information content (AvgIpc) is 3.16. The molecule has 0 aliphatic heterocycles. The van der Waals surface area contributed by atoms with Gasteiger partial charge in [-0.2, -0.15) is 0 Å². The number of rotatable bonds is 18. The first-order valence-corrected chi connectivity index (χ1v) is 21.2. The predicted molar refractivity (Wildman–Crippen MR) is 233 cm³/mol. The fourth-order valence-corrected chi connectivity index (χ4v) is 7.18. The van der Waals surface area contributed by atoms with Crippen LogP contribution in [0.4, 0.5) is 21.9 Å². The molecule has 0 aliphatic rings. The molecule has 13 heteroatoms. The van der Waals surface area contributed by atoms with E-state index in [2.05, 4.69) is 39.3 Å². The van der Waals surface area contributed by atoms with Gasteiger partial charge in [-0.05, 0) is 92.5 Å². The van der Waals surface area contributed by atoms with E-state index in [1.54, 1.807) is 43.6 Å². The molecule has 2 amide bonds. The summed E-state index contributed by atoms with van der Waals surface area (Å²) in [6.07, 6.45) is 7.87. The van der Waals surface area contributed by atoms with Gasteiger partial charge in [0.05, 0.1) is 43.1 Å². The van der Waals surface area contributed by atoms with E-state index in [0.29, 0.717) is 47.0 Å². The van der Waals surface area contributed by atoms with E-state index < -0.39 is 16.1 Å². The molecule has 0 radical (unpaired) electrons. The number of carbonyl (C=O) groups is 2. The van der Waals surface area contributed by atoms with Crippen molar-refractivity contribution in [2.75, 3.05) is 56.5 Å². The van der Waals surface area contributed by atoms with Crippen molar-refractivity contribution in [3.63, 3.8) is 0 Å². The molecular formula is C45H55N5O7S. The maximum absolute atomic E-state index is 13.5. The molecule has 5 rings (SSSR count).